The highest BCUT2D eigenvalue weighted by Crippen LogP contribution is 2.38. The van der Waals surface area contributed by atoms with Gasteiger partial charge in [-0.1, -0.05) is 43.7 Å². The number of hydrogen-bond acceptors (Lipinski definition) is 8. The van der Waals surface area contributed by atoms with Gasteiger partial charge in [0.2, 0.25) is 5.95 Å². The van der Waals surface area contributed by atoms with E-state index in [9.17, 15) is 8.42 Å². The van der Waals surface area contributed by atoms with Crippen LogP contribution in [0.15, 0.2) is 53.6 Å². The van der Waals surface area contributed by atoms with Gasteiger partial charge in [0.15, 0.2) is 15.7 Å². The molecule has 0 unspecified atom stereocenters. The Morgan fingerprint density at radius 2 is 1.81 bits per heavy atom. The number of benzene rings is 2. The van der Waals surface area contributed by atoms with E-state index < -0.39 is 15.1 Å². The first-order chi connectivity index (χ1) is 19.9. The highest BCUT2D eigenvalue weighted by molar-refractivity contribution is 7.92. The van der Waals surface area contributed by atoms with Crippen molar-refractivity contribution in [1.29, 1.82) is 0 Å². The summed E-state index contributed by atoms with van der Waals surface area (Å²) in [5, 5.41) is 9.82. The number of anilines is 4. The van der Waals surface area contributed by atoms with Crippen molar-refractivity contribution >= 4 is 50.2 Å². The van der Waals surface area contributed by atoms with Crippen molar-refractivity contribution in [2.45, 2.75) is 96.1 Å². The van der Waals surface area contributed by atoms with Gasteiger partial charge in [-0.05, 0) is 94.8 Å². The van der Waals surface area contributed by atoms with Gasteiger partial charge in [0, 0.05) is 12.1 Å². The third-order valence-electron chi connectivity index (χ3n) is 7.34. The summed E-state index contributed by atoms with van der Waals surface area (Å²) in [5.41, 5.74) is 4.75. The summed E-state index contributed by atoms with van der Waals surface area (Å²) in [6.07, 6.45) is 6.85. The lowest BCUT2D eigenvalue weighted by Gasteiger charge is -2.30. The average Bonchev–Trinajstić information content (AvgIpc) is 2.95. The van der Waals surface area contributed by atoms with Gasteiger partial charge in [0.1, 0.15) is 10.8 Å². The molecule has 0 saturated heterocycles. The molecule has 4 rings (SSSR count). The van der Waals surface area contributed by atoms with Crippen LogP contribution < -0.4 is 20.7 Å². The number of ether oxygens (including phenoxy) is 1. The number of para-hydroxylation sites is 1. The van der Waals surface area contributed by atoms with Gasteiger partial charge in [-0.3, -0.25) is 0 Å². The molecule has 2 heterocycles. The van der Waals surface area contributed by atoms with E-state index in [0.29, 0.717) is 29.5 Å². The standard InChI is InChI=1S/C32H42ClN5O3S/c1-8-23-15-22(16-24(9-2)35-23)25-17-29(41-19(3)4)28(14-21(25)7)37-32-34-18-26(33)31(38-32)36-27-12-10-11-13-30(27)42(39,40)20(5)6/h10-15,17-20,23-24,35H,8-9,16H2,1-7H3,(H2,34,36,37,38)/t23-,24-/m0/s1. The third-order valence-corrected chi connectivity index (χ3v) is 9.83. The predicted octanol–water partition coefficient (Wildman–Crippen LogP) is 7.83. The van der Waals surface area contributed by atoms with E-state index in [0.717, 1.165) is 30.5 Å². The Kier molecular flexibility index (Phi) is 10.2. The molecule has 8 nitrogen and oxygen atoms in total. The second-order valence-corrected chi connectivity index (χ2v) is 14.1. The minimum absolute atomic E-state index is 0.0438. The van der Waals surface area contributed by atoms with E-state index in [4.69, 9.17) is 16.3 Å². The Hall–Kier alpha value is -3.14. The monoisotopic (exact) mass is 611 g/mol. The van der Waals surface area contributed by atoms with E-state index in [1.54, 1.807) is 38.1 Å². The smallest absolute Gasteiger partial charge is 0.229 e. The van der Waals surface area contributed by atoms with Crippen molar-refractivity contribution in [3.63, 3.8) is 0 Å². The molecule has 2 aromatic carbocycles. The summed E-state index contributed by atoms with van der Waals surface area (Å²) in [7, 11) is -3.53. The molecular weight excluding hydrogens is 570 g/mol. The molecule has 3 aromatic rings. The summed E-state index contributed by atoms with van der Waals surface area (Å²) >= 11 is 6.46. The Labute approximate surface area is 255 Å². The van der Waals surface area contributed by atoms with E-state index in [1.165, 1.54) is 17.3 Å². The van der Waals surface area contributed by atoms with E-state index in [1.807, 2.05) is 13.8 Å². The van der Waals surface area contributed by atoms with Crippen LogP contribution in [0.3, 0.4) is 0 Å². The molecule has 0 saturated carbocycles. The molecule has 0 aliphatic carbocycles. The van der Waals surface area contributed by atoms with Crippen molar-refractivity contribution in [2.24, 2.45) is 0 Å². The largest absolute Gasteiger partial charge is 0.489 e. The average molecular weight is 612 g/mol. The van der Waals surface area contributed by atoms with Crippen LogP contribution >= 0.6 is 11.6 Å². The first-order valence-corrected chi connectivity index (χ1v) is 16.5. The van der Waals surface area contributed by atoms with Gasteiger partial charge in [0.25, 0.3) is 0 Å². The number of nitrogens with zero attached hydrogens (tertiary/aromatic N) is 2. The molecule has 0 spiro atoms. The number of nitrogens with one attached hydrogen (secondary N) is 3. The minimum Gasteiger partial charge on any atom is -0.489 e. The molecule has 1 aliphatic heterocycles. The molecule has 1 aliphatic rings. The highest BCUT2D eigenvalue weighted by atomic mass is 35.5. The quantitative estimate of drug-likeness (QED) is 0.201. The van der Waals surface area contributed by atoms with Crippen LogP contribution in [0.2, 0.25) is 5.02 Å². The molecule has 2 atom stereocenters. The zero-order valence-electron chi connectivity index (χ0n) is 25.5. The van der Waals surface area contributed by atoms with Gasteiger partial charge in [-0.2, -0.15) is 4.98 Å². The number of aromatic nitrogens is 2. The lowest BCUT2D eigenvalue weighted by atomic mass is 9.88. The zero-order chi connectivity index (χ0) is 30.6. The van der Waals surface area contributed by atoms with Gasteiger partial charge >= 0.3 is 0 Å². The van der Waals surface area contributed by atoms with Crippen molar-refractivity contribution < 1.29 is 13.2 Å². The number of rotatable bonds is 11. The molecule has 10 heteroatoms. The summed E-state index contributed by atoms with van der Waals surface area (Å²) in [6.45, 7) is 13.8. The second-order valence-electron chi connectivity index (χ2n) is 11.2. The number of hydrogen-bond donors (Lipinski definition) is 3. The van der Waals surface area contributed by atoms with Crippen LogP contribution in [0, 0.1) is 6.92 Å². The van der Waals surface area contributed by atoms with E-state index in [-0.39, 0.29) is 21.8 Å². The van der Waals surface area contributed by atoms with Crippen LogP contribution in [-0.2, 0) is 9.84 Å². The maximum absolute atomic E-state index is 13.0. The Morgan fingerprint density at radius 1 is 1.07 bits per heavy atom. The number of sulfone groups is 1. The van der Waals surface area contributed by atoms with E-state index >= 15 is 0 Å². The third kappa shape index (κ3) is 7.25. The summed E-state index contributed by atoms with van der Waals surface area (Å²) in [5.74, 6) is 1.29. The summed E-state index contributed by atoms with van der Waals surface area (Å²) in [4.78, 5) is 9.18. The fourth-order valence-electron chi connectivity index (χ4n) is 5.00. The molecule has 3 N–H and O–H groups in total. The van der Waals surface area contributed by atoms with E-state index in [2.05, 4.69) is 64.9 Å². The lowest BCUT2D eigenvalue weighted by Crippen LogP contribution is -2.40. The maximum atomic E-state index is 13.0. The van der Waals surface area contributed by atoms with Crippen molar-refractivity contribution in [3.05, 3.63) is 64.8 Å². The normalized spacial score (nSPS) is 17.3. The molecule has 0 amide bonds. The maximum Gasteiger partial charge on any atom is 0.229 e. The number of halogens is 1. The van der Waals surface area contributed by atoms with Crippen molar-refractivity contribution in [1.82, 2.24) is 15.3 Å². The minimum atomic E-state index is -3.53. The first-order valence-electron chi connectivity index (χ1n) is 14.6. The SMILES string of the molecule is CC[C@H]1CC(c2cc(OC(C)C)c(Nc3ncc(Cl)c(Nc4ccccc4S(=O)(=O)C(C)C)n3)cc2C)=C[C@H](CC)N1. The molecule has 0 radical (unpaired) electrons. The fraction of sp³-hybridized carbons (Fsp3) is 0.438. The Morgan fingerprint density at radius 3 is 2.48 bits per heavy atom. The first kappa shape index (κ1) is 31.8. The van der Waals surface area contributed by atoms with Crippen LogP contribution in [-0.4, -0.2) is 41.8 Å². The molecule has 0 bridgehead atoms. The van der Waals surface area contributed by atoms with Crippen LogP contribution in [0.4, 0.5) is 23.1 Å². The highest BCUT2D eigenvalue weighted by Gasteiger charge is 2.24. The molecular formula is C32H42ClN5O3S. The van der Waals surface area contributed by atoms with Gasteiger partial charge in [0.05, 0.1) is 33.8 Å². The van der Waals surface area contributed by atoms with Crippen LogP contribution in [0.25, 0.3) is 5.57 Å². The van der Waals surface area contributed by atoms with Crippen LogP contribution in [0.1, 0.15) is 71.9 Å². The molecule has 1 aromatic heterocycles. The number of aryl methyl sites for hydroxylation is 1. The summed E-state index contributed by atoms with van der Waals surface area (Å²) < 4.78 is 32.2. The molecule has 226 valence electrons. The molecule has 0 fully saturated rings. The second kappa shape index (κ2) is 13.4. The Balaban J connectivity index is 1.69. The van der Waals surface area contributed by atoms with Gasteiger partial charge in [-0.15, -0.1) is 0 Å². The topological polar surface area (TPSA) is 105 Å². The lowest BCUT2D eigenvalue weighted by molar-refractivity contribution is 0.243. The Bertz CT molecular complexity index is 1560. The van der Waals surface area contributed by atoms with Gasteiger partial charge in [-0.25, -0.2) is 13.4 Å². The predicted molar refractivity (Wildman–Crippen MR) is 173 cm³/mol. The zero-order valence-corrected chi connectivity index (χ0v) is 27.0. The van der Waals surface area contributed by atoms with Crippen molar-refractivity contribution in [3.8, 4) is 5.75 Å². The summed E-state index contributed by atoms with van der Waals surface area (Å²) in [6, 6.07) is 11.7. The van der Waals surface area contributed by atoms with Crippen molar-refractivity contribution in [2.75, 3.05) is 10.6 Å². The fourth-order valence-corrected chi connectivity index (χ4v) is 6.34. The van der Waals surface area contributed by atoms with Gasteiger partial charge < -0.3 is 20.7 Å². The van der Waals surface area contributed by atoms with Crippen LogP contribution in [0.5, 0.6) is 5.75 Å². The molecule has 42 heavy (non-hydrogen) atoms.